The lowest BCUT2D eigenvalue weighted by atomic mass is 10.1. The molecule has 0 aliphatic rings. The quantitative estimate of drug-likeness (QED) is 0.755. The third-order valence-electron chi connectivity index (χ3n) is 3.56. The molecular formula is C17H17FN2O. The molecular weight excluding hydrogens is 267 g/mol. The minimum absolute atomic E-state index is 0.148. The van der Waals surface area contributed by atoms with Gasteiger partial charge in [-0.05, 0) is 45.0 Å². The van der Waals surface area contributed by atoms with Crippen molar-refractivity contribution >= 4 is 11.0 Å². The van der Waals surface area contributed by atoms with Gasteiger partial charge in [0, 0.05) is 12.1 Å². The van der Waals surface area contributed by atoms with Gasteiger partial charge < -0.3 is 9.67 Å². The number of fused-ring (bicyclic) bond motifs is 1. The number of phenolic OH excluding ortho intramolecular Hbond substituents is 1. The zero-order chi connectivity index (χ0) is 15.1. The highest BCUT2D eigenvalue weighted by Gasteiger charge is 2.17. The molecule has 0 bridgehead atoms. The van der Waals surface area contributed by atoms with Gasteiger partial charge >= 0.3 is 0 Å². The van der Waals surface area contributed by atoms with Gasteiger partial charge in [-0.1, -0.05) is 11.6 Å². The molecule has 0 radical (unpaired) electrons. The Bertz CT molecular complexity index is 821. The van der Waals surface area contributed by atoms with Crippen LogP contribution in [0.3, 0.4) is 0 Å². The number of benzene rings is 2. The summed E-state index contributed by atoms with van der Waals surface area (Å²) in [6, 6.07) is 10.1. The van der Waals surface area contributed by atoms with Gasteiger partial charge in [-0.25, -0.2) is 9.37 Å². The Kier molecular flexibility index (Phi) is 3.16. The summed E-state index contributed by atoms with van der Waals surface area (Å²) < 4.78 is 15.4. The number of halogens is 1. The van der Waals surface area contributed by atoms with E-state index >= 15 is 0 Å². The third kappa shape index (κ3) is 2.27. The second kappa shape index (κ2) is 4.88. The van der Waals surface area contributed by atoms with Crippen LogP contribution in [0.15, 0.2) is 36.4 Å². The van der Waals surface area contributed by atoms with Gasteiger partial charge in [0.15, 0.2) is 0 Å². The van der Waals surface area contributed by atoms with Crippen molar-refractivity contribution in [2.45, 2.75) is 26.8 Å². The van der Waals surface area contributed by atoms with Crippen molar-refractivity contribution in [1.82, 2.24) is 9.55 Å². The molecule has 1 heterocycles. The molecule has 108 valence electrons. The average molecular weight is 284 g/mol. The third-order valence-corrected chi connectivity index (χ3v) is 3.56. The van der Waals surface area contributed by atoms with Gasteiger partial charge in [0.2, 0.25) is 0 Å². The van der Waals surface area contributed by atoms with Crippen LogP contribution in [0.4, 0.5) is 4.39 Å². The van der Waals surface area contributed by atoms with E-state index in [4.69, 9.17) is 0 Å². The van der Waals surface area contributed by atoms with Crippen LogP contribution in [0.1, 0.15) is 25.5 Å². The van der Waals surface area contributed by atoms with Crippen LogP contribution in [0.5, 0.6) is 5.75 Å². The highest BCUT2D eigenvalue weighted by Crippen LogP contribution is 2.34. The Balaban J connectivity index is 2.36. The number of aromatic hydroxyl groups is 1. The fourth-order valence-electron chi connectivity index (χ4n) is 2.61. The molecule has 3 rings (SSSR count). The van der Waals surface area contributed by atoms with Crippen LogP contribution in [0.2, 0.25) is 0 Å². The first kappa shape index (κ1) is 13.6. The number of aryl methyl sites for hydroxylation is 1. The number of hydrogen-bond donors (Lipinski definition) is 1. The minimum atomic E-state index is -0.309. The molecule has 0 spiro atoms. The number of rotatable bonds is 2. The molecule has 0 fully saturated rings. The molecule has 1 aromatic heterocycles. The number of phenols is 1. The van der Waals surface area contributed by atoms with Crippen molar-refractivity contribution in [2.75, 3.05) is 0 Å². The summed E-state index contributed by atoms with van der Waals surface area (Å²) in [7, 11) is 0. The summed E-state index contributed by atoms with van der Waals surface area (Å²) in [6.07, 6.45) is 0. The zero-order valence-electron chi connectivity index (χ0n) is 12.3. The summed E-state index contributed by atoms with van der Waals surface area (Å²) in [5, 5.41) is 10.1. The van der Waals surface area contributed by atoms with Gasteiger partial charge in [-0.2, -0.15) is 0 Å². The normalized spacial score (nSPS) is 11.5. The number of imidazole rings is 1. The Morgan fingerprint density at radius 2 is 1.90 bits per heavy atom. The summed E-state index contributed by atoms with van der Waals surface area (Å²) in [5.74, 6) is 0.529. The Morgan fingerprint density at radius 1 is 1.14 bits per heavy atom. The molecule has 0 aliphatic carbocycles. The van der Waals surface area contributed by atoms with Gasteiger partial charge in [-0.3, -0.25) is 0 Å². The lowest BCUT2D eigenvalue weighted by Crippen LogP contribution is -2.03. The first-order valence-corrected chi connectivity index (χ1v) is 6.95. The van der Waals surface area contributed by atoms with Crippen LogP contribution in [-0.2, 0) is 0 Å². The largest absolute Gasteiger partial charge is 0.507 e. The molecule has 2 aromatic carbocycles. The van der Waals surface area contributed by atoms with Crippen molar-refractivity contribution in [1.29, 1.82) is 0 Å². The summed E-state index contributed by atoms with van der Waals surface area (Å²) in [4.78, 5) is 4.53. The molecule has 0 amide bonds. The van der Waals surface area contributed by atoms with E-state index < -0.39 is 0 Å². The predicted molar refractivity (Wildman–Crippen MR) is 81.9 cm³/mol. The first-order valence-electron chi connectivity index (χ1n) is 6.95. The standard InChI is InChI=1S/C17H17FN2O/c1-10(2)20-15-6-5-12(18)9-14(15)19-17(20)13-8-11(3)4-7-16(13)21/h4-10,21H,1-3H3. The smallest absolute Gasteiger partial charge is 0.145 e. The van der Waals surface area contributed by atoms with Crippen LogP contribution in [0, 0.1) is 12.7 Å². The van der Waals surface area contributed by atoms with E-state index in [1.165, 1.54) is 12.1 Å². The Morgan fingerprint density at radius 3 is 2.62 bits per heavy atom. The Hall–Kier alpha value is -2.36. The maximum Gasteiger partial charge on any atom is 0.145 e. The maximum absolute atomic E-state index is 13.4. The van der Waals surface area contributed by atoms with E-state index in [-0.39, 0.29) is 17.6 Å². The van der Waals surface area contributed by atoms with Crippen LogP contribution >= 0.6 is 0 Å². The lowest BCUT2D eigenvalue weighted by Gasteiger charge is -2.14. The predicted octanol–water partition coefficient (Wildman–Crippen LogP) is 4.44. The van der Waals surface area contributed by atoms with E-state index in [1.54, 1.807) is 12.1 Å². The summed E-state index contributed by atoms with van der Waals surface area (Å²) in [5.41, 5.74) is 3.17. The molecule has 0 saturated carbocycles. The molecule has 1 N–H and O–H groups in total. The van der Waals surface area contributed by atoms with E-state index in [0.717, 1.165) is 11.1 Å². The van der Waals surface area contributed by atoms with Crippen LogP contribution in [-0.4, -0.2) is 14.7 Å². The van der Waals surface area contributed by atoms with Gasteiger partial charge in [0.25, 0.3) is 0 Å². The van der Waals surface area contributed by atoms with Crippen LogP contribution < -0.4 is 0 Å². The Labute approximate surface area is 122 Å². The molecule has 3 nitrogen and oxygen atoms in total. The van der Waals surface area contributed by atoms with E-state index in [9.17, 15) is 9.50 Å². The maximum atomic E-state index is 13.4. The fourth-order valence-corrected chi connectivity index (χ4v) is 2.61. The van der Waals surface area contributed by atoms with Crippen molar-refractivity contribution in [3.05, 3.63) is 47.8 Å². The molecule has 4 heteroatoms. The molecule has 0 unspecified atom stereocenters. The van der Waals surface area contributed by atoms with E-state index in [2.05, 4.69) is 4.98 Å². The monoisotopic (exact) mass is 284 g/mol. The second-order valence-electron chi connectivity index (χ2n) is 5.55. The zero-order valence-corrected chi connectivity index (χ0v) is 12.3. The number of hydrogen-bond acceptors (Lipinski definition) is 2. The van der Waals surface area contributed by atoms with Crippen molar-refractivity contribution in [3.63, 3.8) is 0 Å². The highest BCUT2D eigenvalue weighted by atomic mass is 19.1. The van der Waals surface area contributed by atoms with Crippen molar-refractivity contribution in [2.24, 2.45) is 0 Å². The molecule has 0 aliphatic heterocycles. The second-order valence-corrected chi connectivity index (χ2v) is 5.55. The SMILES string of the molecule is Cc1ccc(O)c(-c2nc3cc(F)ccc3n2C(C)C)c1. The molecule has 0 saturated heterocycles. The summed E-state index contributed by atoms with van der Waals surface area (Å²) >= 11 is 0. The highest BCUT2D eigenvalue weighted by molar-refractivity contribution is 5.82. The van der Waals surface area contributed by atoms with E-state index in [1.807, 2.05) is 37.5 Å². The van der Waals surface area contributed by atoms with Crippen molar-refractivity contribution < 1.29 is 9.50 Å². The lowest BCUT2D eigenvalue weighted by molar-refractivity contribution is 0.476. The average Bonchev–Trinajstić information content (AvgIpc) is 2.79. The van der Waals surface area contributed by atoms with E-state index in [0.29, 0.717) is 16.9 Å². The molecule has 21 heavy (non-hydrogen) atoms. The minimum Gasteiger partial charge on any atom is -0.507 e. The van der Waals surface area contributed by atoms with Crippen LogP contribution in [0.25, 0.3) is 22.4 Å². The molecule has 3 aromatic rings. The number of nitrogens with zero attached hydrogens (tertiary/aromatic N) is 2. The first-order chi connectivity index (χ1) is 9.97. The van der Waals surface area contributed by atoms with Crippen molar-refractivity contribution in [3.8, 4) is 17.1 Å². The van der Waals surface area contributed by atoms with Gasteiger partial charge in [0.05, 0.1) is 16.6 Å². The topological polar surface area (TPSA) is 38.1 Å². The van der Waals surface area contributed by atoms with Gasteiger partial charge in [0.1, 0.15) is 17.4 Å². The number of aromatic nitrogens is 2. The molecule has 0 atom stereocenters. The van der Waals surface area contributed by atoms with Gasteiger partial charge in [-0.15, -0.1) is 0 Å². The summed E-state index contributed by atoms with van der Waals surface area (Å²) in [6.45, 7) is 6.05. The fraction of sp³-hybridized carbons (Fsp3) is 0.235.